The van der Waals surface area contributed by atoms with E-state index in [1.165, 1.54) is 36.4 Å². The van der Waals surface area contributed by atoms with E-state index in [4.69, 9.17) is 11.6 Å². The van der Waals surface area contributed by atoms with Gasteiger partial charge in [-0.25, -0.2) is 12.8 Å². The average Bonchev–Trinajstić information content (AvgIpc) is 2.85. The summed E-state index contributed by atoms with van der Waals surface area (Å²) in [6, 6.07) is 21.2. The maximum Gasteiger partial charge on any atom is 0.243 e. The molecule has 0 atom stereocenters. The van der Waals surface area contributed by atoms with Gasteiger partial charge in [0, 0.05) is 43.4 Å². The van der Waals surface area contributed by atoms with Crippen LogP contribution in [0.1, 0.15) is 5.56 Å². The fourth-order valence-corrected chi connectivity index (χ4v) is 5.48. The van der Waals surface area contributed by atoms with Crippen molar-refractivity contribution in [2.75, 3.05) is 37.6 Å². The number of benzene rings is 3. The van der Waals surface area contributed by atoms with Crippen molar-refractivity contribution >= 4 is 33.2 Å². The molecule has 1 amide bonds. The topological polar surface area (TPSA) is 60.9 Å². The van der Waals surface area contributed by atoms with Crippen LogP contribution in [0, 0.1) is 5.82 Å². The molecule has 1 heterocycles. The van der Waals surface area contributed by atoms with Crippen molar-refractivity contribution < 1.29 is 17.6 Å². The maximum absolute atomic E-state index is 13.4. The van der Waals surface area contributed by atoms with E-state index >= 15 is 0 Å². The van der Waals surface area contributed by atoms with Crippen LogP contribution in [0.4, 0.5) is 10.1 Å². The summed E-state index contributed by atoms with van der Waals surface area (Å²) in [4.78, 5) is 17.1. The van der Waals surface area contributed by atoms with Crippen LogP contribution in [0.5, 0.6) is 0 Å². The Hall–Kier alpha value is -2.94. The van der Waals surface area contributed by atoms with Gasteiger partial charge in [0.2, 0.25) is 15.9 Å². The van der Waals surface area contributed by atoms with Gasteiger partial charge in [0.05, 0.1) is 11.4 Å². The molecule has 3 aromatic carbocycles. The molecule has 0 bridgehead atoms. The fraction of sp³-hybridized carbons (Fsp3) is 0.240. The summed E-state index contributed by atoms with van der Waals surface area (Å²) < 4.78 is 41.2. The molecule has 1 fully saturated rings. The lowest BCUT2D eigenvalue weighted by atomic mass is 10.2. The minimum Gasteiger partial charge on any atom is -0.368 e. The SMILES string of the molecule is O=C(CN(Cc1ccc(F)cc1)S(=O)(=O)c1ccccc1)N1CCN(c2cccc(Cl)c2)CC1. The molecule has 1 saturated heterocycles. The highest BCUT2D eigenvalue weighted by atomic mass is 35.5. The molecule has 34 heavy (non-hydrogen) atoms. The second kappa shape index (κ2) is 10.5. The minimum absolute atomic E-state index is 0.0360. The molecule has 178 valence electrons. The van der Waals surface area contributed by atoms with E-state index in [2.05, 4.69) is 4.90 Å². The van der Waals surface area contributed by atoms with E-state index < -0.39 is 15.8 Å². The van der Waals surface area contributed by atoms with E-state index in [9.17, 15) is 17.6 Å². The Balaban J connectivity index is 1.48. The Morgan fingerprint density at radius 1 is 0.912 bits per heavy atom. The first kappa shape index (κ1) is 24.2. The van der Waals surface area contributed by atoms with E-state index in [1.54, 1.807) is 23.1 Å². The smallest absolute Gasteiger partial charge is 0.243 e. The lowest BCUT2D eigenvalue weighted by molar-refractivity contribution is -0.131. The van der Waals surface area contributed by atoms with Crippen molar-refractivity contribution in [2.24, 2.45) is 0 Å². The Labute approximate surface area is 204 Å². The second-order valence-electron chi connectivity index (χ2n) is 8.06. The summed E-state index contributed by atoms with van der Waals surface area (Å²) >= 11 is 6.09. The number of carbonyl (C=O) groups is 1. The summed E-state index contributed by atoms with van der Waals surface area (Å²) in [5.41, 5.74) is 1.59. The monoisotopic (exact) mass is 501 g/mol. The van der Waals surface area contributed by atoms with E-state index in [0.29, 0.717) is 36.8 Å². The third-order valence-electron chi connectivity index (χ3n) is 5.77. The van der Waals surface area contributed by atoms with Gasteiger partial charge in [-0.2, -0.15) is 4.31 Å². The number of hydrogen-bond acceptors (Lipinski definition) is 4. The van der Waals surface area contributed by atoms with Gasteiger partial charge in [-0.1, -0.05) is 48.0 Å². The molecule has 4 rings (SSSR count). The molecule has 0 aliphatic carbocycles. The van der Waals surface area contributed by atoms with Gasteiger partial charge in [0.15, 0.2) is 0 Å². The number of piperazine rings is 1. The summed E-state index contributed by atoms with van der Waals surface area (Å²) in [7, 11) is -3.93. The quantitative estimate of drug-likeness (QED) is 0.490. The third kappa shape index (κ3) is 5.75. The molecule has 0 aromatic heterocycles. The largest absolute Gasteiger partial charge is 0.368 e. The van der Waals surface area contributed by atoms with Crippen molar-refractivity contribution in [2.45, 2.75) is 11.4 Å². The molecule has 6 nitrogen and oxygen atoms in total. The predicted molar refractivity (Wildman–Crippen MR) is 131 cm³/mol. The summed E-state index contributed by atoms with van der Waals surface area (Å²) in [6.07, 6.45) is 0. The van der Waals surface area contributed by atoms with Crippen LogP contribution in [0.2, 0.25) is 5.02 Å². The van der Waals surface area contributed by atoms with Crippen LogP contribution in [-0.4, -0.2) is 56.3 Å². The number of halogens is 2. The molecule has 0 saturated carbocycles. The first-order chi connectivity index (χ1) is 16.3. The number of rotatable bonds is 7. The number of amides is 1. The highest BCUT2D eigenvalue weighted by molar-refractivity contribution is 7.89. The van der Waals surface area contributed by atoms with E-state index in [1.807, 2.05) is 24.3 Å². The second-order valence-corrected chi connectivity index (χ2v) is 10.4. The Bertz CT molecular complexity index is 1230. The highest BCUT2D eigenvalue weighted by Gasteiger charge is 2.30. The normalized spacial score (nSPS) is 14.4. The zero-order valence-electron chi connectivity index (χ0n) is 18.5. The highest BCUT2D eigenvalue weighted by Crippen LogP contribution is 2.22. The van der Waals surface area contributed by atoms with Crippen LogP contribution >= 0.6 is 11.6 Å². The van der Waals surface area contributed by atoms with Crippen LogP contribution in [0.15, 0.2) is 83.8 Å². The molecule has 0 spiro atoms. The van der Waals surface area contributed by atoms with Crippen LogP contribution < -0.4 is 4.90 Å². The van der Waals surface area contributed by atoms with Crippen molar-refractivity contribution in [3.63, 3.8) is 0 Å². The molecule has 0 radical (unpaired) electrons. The molecule has 1 aliphatic heterocycles. The van der Waals surface area contributed by atoms with Gasteiger partial charge in [-0.15, -0.1) is 0 Å². The predicted octanol–water partition coefficient (Wildman–Crippen LogP) is 4.02. The number of carbonyl (C=O) groups excluding carboxylic acids is 1. The average molecular weight is 502 g/mol. The number of anilines is 1. The van der Waals surface area contributed by atoms with E-state index in [-0.39, 0.29) is 23.9 Å². The minimum atomic E-state index is -3.93. The lowest BCUT2D eigenvalue weighted by Gasteiger charge is -2.37. The molecule has 3 aromatic rings. The third-order valence-corrected chi connectivity index (χ3v) is 7.81. The Kier molecular flexibility index (Phi) is 7.50. The zero-order valence-corrected chi connectivity index (χ0v) is 20.1. The fourth-order valence-electron chi connectivity index (χ4n) is 3.90. The zero-order chi connectivity index (χ0) is 24.1. The molecule has 0 N–H and O–H groups in total. The van der Waals surface area contributed by atoms with Crippen molar-refractivity contribution in [3.05, 3.63) is 95.3 Å². The van der Waals surface area contributed by atoms with Gasteiger partial charge in [-0.05, 0) is 48.0 Å². The van der Waals surface area contributed by atoms with Gasteiger partial charge >= 0.3 is 0 Å². The van der Waals surface area contributed by atoms with Gasteiger partial charge in [0.25, 0.3) is 0 Å². The summed E-state index contributed by atoms with van der Waals surface area (Å²) in [5.74, 6) is -0.678. The van der Waals surface area contributed by atoms with Gasteiger partial charge < -0.3 is 9.80 Å². The Morgan fingerprint density at radius 3 is 2.24 bits per heavy atom. The van der Waals surface area contributed by atoms with Crippen molar-refractivity contribution in [1.29, 1.82) is 0 Å². The van der Waals surface area contributed by atoms with Gasteiger partial charge in [-0.3, -0.25) is 4.79 Å². The lowest BCUT2D eigenvalue weighted by Crippen LogP contribution is -2.51. The van der Waals surface area contributed by atoms with Crippen LogP contribution in [0.25, 0.3) is 0 Å². The molecular formula is C25H25ClFN3O3S. The Morgan fingerprint density at radius 2 is 1.59 bits per heavy atom. The van der Waals surface area contributed by atoms with Crippen molar-refractivity contribution in [1.82, 2.24) is 9.21 Å². The molecular weight excluding hydrogens is 477 g/mol. The molecule has 9 heteroatoms. The number of sulfonamides is 1. The van der Waals surface area contributed by atoms with E-state index in [0.717, 1.165) is 9.99 Å². The maximum atomic E-state index is 13.4. The van der Waals surface area contributed by atoms with Crippen molar-refractivity contribution in [3.8, 4) is 0 Å². The van der Waals surface area contributed by atoms with Crippen LogP contribution in [0.3, 0.4) is 0 Å². The van der Waals surface area contributed by atoms with Gasteiger partial charge in [0.1, 0.15) is 5.82 Å². The molecule has 0 unspecified atom stereocenters. The van der Waals surface area contributed by atoms with Crippen LogP contribution in [-0.2, 0) is 21.4 Å². The first-order valence-electron chi connectivity index (χ1n) is 10.9. The standard InChI is InChI=1S/C25H25ClFN3O3S/c26-21-5-4-6-23(17-21)28-13-15-29(16-14-28)25(31)19-30(18-20-9-11-22(27)12-10-20)34(32,33)24-7-2-1-3-8-24/h1-12,17H,13-16,18-19H2. The summed E-state index contributed by atoms with van der Waals surface area (Å²) in [6.45, 7) is 1.85. The number of hydrogen-bond donors (Lipinski definition) is 0. The number of nitrogens with zero attached hydrogens (tertiary/aromatic N) is 3. The molecule has 1 aliphatic rings. The summed E-state index contributed by atoms with van der Waals surface area (Å²) in [5, 5.41) is 0.651. The first-order valence-corrected chi connectivity index (χ1v) is 12.7.